The summed E-state index contributed by atoms with van der Waals surface area (Å²) in [5.74, 6) is 0. The maximum absolute atomic E-state index is 2.41. The van der Waals surface area contributed by atoms with Crippen LogP contribution in [0.4, 0.5) is 0 Å². The van der Waals surface area contributed by atoms with E-state index in [0.29, 0.717) is 0 Å². The molecule has 0 aliphatic carbocycles. The lowest BCUT2D eigenvalue weighted by Crippen LogP contribution is -3.00. The zero-order chi connectivity index (χ0) is 33.3. The number of unbranched alkanes of at least 4 members (excludes halogenated alkanes) is 28. The molecule has 0 aromatic carbocycles. The maximum atomic E-state index is 2.41. The van der Waals surface area contributed by atoms with Crippen molar-refractivity contribution in [2.75, 3.05) is 0 Å². The fourth-order valence-corrected chi connectivity index (χ4v) is 7.73. The first kappa shape index (κ1) is 45.3. The maximum Gasteiger partial charge on any atom is 0.169 e. The van der Waals surface area contributed by atoms with E-state index in [2.05, 4.69) is 66.5 Å². The van der Waals surface area contributed by atoms with Crippen molar-refractivity contribution >= 4 is 23.5 Å². The summed E-state index contributed by atoms with van der Waals surface area (Å²) < 4.78 is 2.35. The molecule has 2 heterocycles. The standard InChI is InChI=1S/C45H78NS.HI/c1-3-5-7-9-11-13-15-16-17-18-19-20-21-22-23-24-25-27-29-31-33-44-41-45(47-42-44)35-34-43-36-39-46(40-37-43)38-32-30-28-26-14-12-10-8-6-4-2;/h34-37,39-42H,3-33,38H2,1-2H3;1H/q+1;/p-1. The fraction of sp³-hybridized carbons (Fsp3) is 0.756. The van der Waals surface area contributed by atoms with E-state index in [1.165, 1.54) is 215 Å². The molecule has 0 unspecified atom stereocenters. The molecule has 1 nitrogen and oxygen atoms in total. The minimum absolute atomic E-state index is 0. The SMILES string of the molecule is CCCCCCCCCCCCCCCCCCCCCCc1csc(C=Cc2cc[n+](CCCCCCCCCCCC)cc2)c1.[I-]. The van der Waals surface area contributed by atoms with Gasteiger partial charge in [0.1, 0.15) is 6.54 Å². The number of aromatic nitrogens is 1. The van der Waals surface area contributed by atoms with Gasteiger partial charge in [-0.05, 0) is 47.9 Å². The molecule has 48 heavy (non-hydrogen) atoms. The number of hydrogen-bond acceptors (Lipinski definition) is 1. The summed E-state index contributed by atoms with van der Waals surface area (Å²) in [6.07, 6.45) is 53.3. The third kappa shape index (κ3) is 27.1. The summed E-state index contributed by atoms with van der Waals surface area (Å²) in [7, 11) is 0. The molecule has 0 amide bonds. The van der Waals surface area contributed by atoms with Crippen LogP contribution in [0.15, 0.2) is 36.0 Å². The van der Waals surface area contributed by atoms with Crippen LogP contribution in [0, 0.1) is 0 Å². The third-order valence-electron chi connectivity index (χ3n) is 10.1. The van der Waals surface area contributed by atoms with Crippen LogP contribution in [-0.4, -0.2) is 0 Å². The second-order valence-corrected chi connectivity index (χ2v) is 15.7. The monoisotopic (exact) mass is 791 g/mol. The highest BCUT2D eigenvalue weighted by Gasteiger charge is 2.02. The van der Waals surface area contributed by atoms with Crippen molar-refractivity contribution in [1.29, 1.82) is 0 Å². The molecular formula is C45H78INS. The molecule has 0 radical (unpaired) electrons. The molecule has 0 fully saturated rings. The van der Waals surface area contributed by atoms with Crippen molar-refractivity contribution in [1.82, 2.24) is 0 Å². The summed E-state index contributed by atoms with van der Waals surface area (Å²) in [4.78, 5) is 1.38. The zero-order valence-corrected chi connectivity index (χ0v) is 35.0. The smallest absolute Gasteiger partial charge is 0.169 e. The molecular weight excluding hydrogens is 713 g/mol. The Morgan fingerprint density at radius 3 is 1.27 bits per heavy atom. The van der Waals surface area contributed by atoms with Crippen LogP contribution in [0.2, 0.25) is 0 Å². The van der Waals surface area contributed by atoms with E-state index in [-0.39, 0.29) is 24.0 Å². The van der Waals surface area contributed by atoms with E-state index in [9.17, 15) is 0 Å². The number of rotatable bonds is 34. The summed E-state index contributed by atoms with van der Waals surface area (Å²) >= 11 is 1.89. The minimum Gasteiger partial charge on any atom is -1.00 e. The van der Waals surface area contributed by atoms with Crippen molar-refractivity contribution in [3.05, 3.63) is 52.0 Å². The van der Waals surface area contributed by atoms with Crippen LogP contribution in [0.25, 0.3) is 12.2 Å². The molecule has 0 N–H and O–H groups in total. The number of nitrogens with zero attached hydrogens (tertiary/aromatic N) is 1. The Kier molecular flexibility index (Phi) is 32.8. The minimum atomic E-state index is 0. The highest BCUT2D eigenvalue weighted by molar-refractivity contribution is 7.11. The predicted octanol–water partition coefficient (Wildman–Crippen LogP) is 12.5. The van der Waals surface area contributed by atoms with E-state index in [1.54, 1.807) is 0 Å². The van der Waals surface area contributed by atoms with Gasteiger partial charge in [0.25, 0.3) is 0 Å². The Morgan fingerprint density at radius 1 is 0.479 bits per heavy atom. The van der Waals surface area contributed by atoms with Gasteiger partial charge in [0.15, 0.2) is 12.4 Å². The lowest BCUT2D eigenvalue weighted by Gasteiger charge is -2.04. The zero-order valence-electron chi connectivity index (χ0n) is 32.0. The molecule has 0 spiro atoms. The molecule has 276 valence electrons. The van der Waals surface area contributed by atoms with Gasteiger partial charge in [0, 0.05) is 23.4 Å². The Balaban J connectivity index is 0.0000115. The normalized spacial score (nSPS) is 11.5. The molecule has 2 rings (SSSR count). The van der Waals surface area contributed by atoms with Crippen molar-refractivity contribution in [3.63, 3.8) is 0 Å². The molecule has 0 saturated carbocycles. The Labute approximate surface area is 321 Å². The highest BCUT2D eigenvalue weighted by Crippen LogP contribution is 2.21. The molecule has 0 atom stereocenters. The van der Waals surface area contributed by atoms with Crippen molar-refractivity contribution in [2.45, 2.75) is 219 Å². The quantitative estimate of drug-likeness (QED) is 0.0378. The van der Waals surface area contributed by atoms with Gasteiger partial charge in [-0.25, -0.2) is 4.57 Å². The molecule has 0 bridgehead atoms. The lowest BCUT2D eigenvalue weighted by atomic mass is 10.0. The van der Waals surface area contributed by atoms with Gasteiger partial charge in [-0.2, -0.15) is 0 Å². The number of thiophene rings is 1. The van der Waals surface area contributed by atoms with Gasteiger partial charge < -0.3 is 24.0 Å². The first-order valence-electron chi connectivity index (χ1n) is 21.1. The Morgan fingerprint density at radius 2 is 0.854 bits per heavy atom. The molecule has 0 aliphatic heterocycles. The van der Waals surface area contributed by atoms with Gasteiger partial charge in [-0.1, -0.05) is 193 Å². The summed E-state index contributed by atoms with van der Waals surface area (Å²) in [6.45, 7) is 5.75. The number of halogens is 1. The van der Waals surface area contributed by atoms with Gasteiger partial charge >= 0.3 is 0 Å². The van der Waals surface area contributed by atoms with E-state index in [1.807, 2.05) is 11.3 Å². The first-order chi connectivity index (χ1) is 23.3. The highest BCUT2D eigenvalue weighted by atomic mass is 127. The van der Waals surface area contributed by atoms with Crippen LogP contribution in [0.5, 0.6) is 0 Å². The first-order valence-corrected chi connectivity index (χ1v) is 21.9. The summed E-state index contributed by atoms with van der Waals surface area (Å²) in [6, 6.07) is 6.94. The average Bonchev–Trinajstić information content (AvgIpc) is 3.55. The Bertz CT molecular complexity index is 948. The topological polar surface area (TPSA) is 3.88 Å². The van der Waals surface area contributed by atoms with E-state index >= 15 is 0 Å². The predicted molar refractivity (Wildman–Crippen MR) is 213 cm³/mol. The number of hydrogen-bond donors (Lipinski definition) is 0. The van der Waals surface area contributed by atoms with E-state index < -0.39 is 0 Å². The van der Waals surface area contributed by atoms with Crippen molar-refractivity contribution in [2.24, 2.45) is 0 Å². The van der Waals surface area contributed by atoms with E-state index in [4.69, 9.17) is 0 Å². The van der Waals surface area contributed by atoms with Crippen LogP contribution < -0.4 is 28.5 Å². The van der Waals surface area contributed by atoms with Crippen LogP contribution >= 0.6 is 11.3 Å². The van der Waals surface area contributed by atoms with Crippen molar-refractivity contribution in [3.8, 4) is 0 Å². The summed E-state index contributed by atoms with van der Waals surface area (Å²) in [5.41, 5.74) is 2.83. The van der Waals surface area contributed by atoms with Crippen LogP contribution in [-0.2, 0) is 13.0 Å². The Hall–Kier alpha value is -0.680. The fourth-order valence-electron chi connectivity index (χ4n) is 6.89. The largest absolute Gasteiger partial charge is 1.00 e. The number of pyridine rings is 1. The van der Waals surface area contributed by atoms with Gasteiger partial charge in [0.2, 0.25) is 0 Å². The van der Waals surface area contributed by atoms with Crippen LogP contribution in [0.3, 0.4) is 0 Å². The van der Waals surface area contributed by atoms with Gasteiger partial charge in [-0.15, -0.1) is 11.3 Å². The summed E-state index contributed by atoms with van der Waals surface area (Å²) in [5, 5.41) is 2.38. The molecule has 2 aromatic rings. The van der Waals surface area contributed by atoms with Crippen LogP contribution in [0.1, 0.15) is 222 Å². The average molecular weight is 792 g/mol. The van der Waals surface area contributed by atoms with Gasteiger partial charge in [0.05, 0.1) is 0 Å². The second-order valence-electron chi connectivity index (χ2n) is 14.7. The van der Waals surface area contributed by atoms with E-state index in [0.717, 1.165) is 6.54 Å². The molecule has 0 saturated heterocycles. The second kappa shape index (κ2) is 34.8. The third-order valence-corrected chi connectivity index (χ3v) is 11.1. The molecule has 2 aromatic heterocycles. The van der Waals surface area contributed by atoms with Crippen molar-refractivity contribution < 1.29 is 28.5 Å². The lowest BCUT2D eigenvalue weighted by molar-refractivity contribution is -0.697. The molecule has 0 aliphatic rings. The number of aryl methyl sites for hydroxylation is 2. The van der Waals surface area contributed by atoms with Gasteiger partial charge in [-0.3, -0.25) is 0 Å². The molecule has 3 heteroatoms.